The van der Waals surface area contributed by atoms with Crippen LogP contribution < -0.4 is 0 Å². The predicted octanol–water partition coefficient (Wildman–Crippen LogP) is 2.45. The Kier molecular flexibility index (Phi) is 4.43. The Morgan fingerprint density at radius 1 is 1.35 bits per heavy atom. The summed E-state index contributed by atoms with van der Waals surface area (Å²) >= 11 is 0. The molecule has 0 radical (unpaired) electrons. The minimum absolute atomic E-state index is 0.0190. The lowest BCUT2D eigenvalue weighted by Gasteiger charge is -2.26. The topological polar surface area (TPSA) is 29.5 Å². The zero-order valence-corrected chi connectivity index (χ0v) is 11.2. The van der Waals surface area contributed by atoms with Gasteiger partial charge in [0, 0.05) is 13.1 Å². The van der Waals surface area contributed by atoms with Gasteiger partial charge in [-0.2, -0.15) is 0 Å². The molecule has 0 N–H and O–H groups in total. The summed E-state index contributed by atoms with van der Waals surface area (Å²) in [7, 11) is 1.51. The molecule has 0 bridgehead atoms. The summed E-state index contributed by atoms with van der Waals surface area (Å²) in [6, 6.07) is 0.0190. The first kappa shape index (κ1) is 12.9. The van der Waals surface area contributed by atoms with Gasteiger partial charge in [-0.25, -0.2) is 0 Å². The molecule has 17 heavy (non-hydrogen) atoms. The van der Waals surface area contributed by atoms with Crippen LogP contribution in [-0.4, -0.2) is 37.1 Å². The summed E-state index contributed by atoms with van der Waals surface area (Å²) < 4.78 is 4.96. The summed E-state index contributed by atoms with van der Waals surface area (Å²) in [5, 5.41) is 0. The van der Waals surface area contributed by atoms with Crippen molar-refractivity contribution >= 4 is 5.97 Å². The molecule has 3 heteroatoms. The smallest absolute Gasteiger partial charge is 0.323 e. The monoisotopic (exact) mass is 239 g/mol. The van der Waals surface area contributed by atoms with Crippen LogP contribution in [0.3, 0.4) is 0 Å². The van der Waals surface area contributed by atoms with Crippen molar-refractivity contribution in [3.05, 3.63) is 0 Å². The maximum atomic E-state index is 11.9. The van der Waals surface area contributed by atoms with E-state index in [0.717, 1.165) is 44.2 Å². The molecule has 0 amide bonds. The highest BCUT2D eigenvalue weighted by Crippen LogP contribution is 2.39. The molecule has 2 rings (SSSR count). The van der Waals surface area contributed by atoms with Gasteiger partial charge in [-0.15, -0.1) is 0 Å². The highest BCUT2D eigenvalue weighted by Gasteiger charge is 2.40. The van der Waals surface area contributed by atoms with Crippen LogP contribution in [0.4, 0.5) is 0 Å². The van der Waals surface area contributed by atoms with Crippen molar-refractivity contribution in [3.8, 4) is 0 Å². The Labute approximate surface area is 105 Å². The van der Waals surface area contributed by atoms with Gasteiger partial charge in [-0.05, 0) is 31.1 Å². The molecule has 98 valence electrons. The second kappa shape index (κ2) is 5.85. The minimum Gasteiger partial charge on any atom is -0.468 e. The molecule has 1 aliphatic carbocycles. The van der Waals surface area contributed by atoms with Crippen molar-refractivity contribution in [2.45, 2.75) is 51.5 Å². The molecule has 0 aromatic carbocycles. The van der Waals surface area contributed by atoms with E-state index in [-0.39, 0.29) is 12.0 Å². The highest BCUT2D eigenvalue weighted by molar-refractivity contribution is 5.75. The van der Waals surface area contributed by atoms with Crippen molar-refractivity contribution in [1.29, 1.82) is 0 Å². The average Bonchev–Trinajstić information content (AvgIpc) is 2.89. The number of ether oxygens (including phenoxy) is 1. The average molecular weight is 239 g/mol. The number of methoxy groups -OCH3 is 1. The van der Waals surface area contributed by atoms with Gasteiger partial charge in [0.15, 0.2) is 0 Å². The lowest BCUT2D eigenvalue weighted by atomic mass is 10.0. The number of carbonyl (C=O) groups excluding carboxylic acids is 1. The van der Waals surface area contributed by atoms with Gasteiger partial charge in [-0.1, -0.05) is 26.2 Å². The fraction of sp³-hybridized carbons (Fsp3) is 0.929. The standard InChI is InChI=1S/C14H25NO2/c1-3-4-8-13(14(16)17-2)15-9-11-6-5-7-12(11)10-15/h11-13H,3-10H2,1-2H3. The lowest BCUT2D eigenvalue weighted by Crippen LogP contribution is -2.41. The van der Waals surface area contributed by atoms with Crippen LogP contribution in [0.2, 0.25) is 0 Å². The van der Waals surface area contributed by atoms with Crippen molar-refractivity contribution in [2.24, 2.45) is 11.8 Å². The maximum absolute atomic E-state index is 11.9. The molecule has 2 aliphatic rings. The number of hydrogen-bond acceptors (Lipinski definition) is 3. The third kappa shape index (κ3) is 2.82. The quantitative estimate of drug-likeness (QED) is 0.690. The zero-order valence-electron chi connectivity index (χ0n) is 11.2. The van der Waals surface area contributed by atoms with Gasteiger partial charge in [0.2, 0.25) is 0 Å². The van der Waals surface area contributed by atoms with Crippen LogP contribution >= 0.6 is 0 Å². The fourth-order valence-corrected chi connectivity index (χ4v) is 3.51. The molecule has 1 saturated carbocycles. The summed E-state index contributed by atoms with van der Waals surface area (Å²) in [4.78, 5) is 14.2. The molecule has 1 saturated heterocycles. The molecule has 3 nitrogen and oxygen atoms in total. The van der Waals surface area contributed by atoms with E-state index in [1.165, 1.54) is 26.4 Å². The second-order valence-electron chi connectivity index (χ2n) is 5.59. The number of hydrogen-bond donors (Lipinski definition) is 0. The van der Waals surface area contributed by atoms with Gasteiger partial charge in [-0.3, -0.25) is 9.69 Å². The Morgan fingerprint density at radius 3 is 2.53 bits per heavy atom. The first-order valence-corrected chi connectivity index (χ1v) is 7.08. The van der Waals surface area contributed by atoms with Crippen LogP contribution in [0.15, 0.2) is 0 Å². The first-order chi connectivity index (χ1) is 8.26. The number of esters is 1. The van der Waals surface area contributed by atoms with Crippen molar-refractivity contribution in [3.63, 3.8) is 0 Å². The molecule has 2 fully saturated rings. The van der Waals surface area contributed by atoms with E-state index in [4.69, 9.17) is 4.74 Å². The molecule has 0 spiro atoms. The Balaban J connectivity index is 1.94. The van der Waals surface area contributed by atoms with Gasteiger partial charge in [0.1, 0.15) is 6.04 Å². The van der Waals surface area contributed by atoms with E-state index in [1.807, 2.05) is 0 Å². The minimum atomic E-state index is -0.0292. The molecular weight excluding hydrogens is 214 g/mol. The molecule has 0 aromatic heterocycles. The first-order valence-electron chi connectivity index (χ1n) is 7.08. The van der Waals surface area contributed by atoms with Crippen LogP contribution in [0.5, 0.6) is 0 Å². The van der Waals surface area contributed by atoms with Crippen molar-refractivity contribution < 1.29 is 9.53 Å². The van der Waals surface area contributed by atoms with Crippen LogP contribution in [0.25, 0.3) is 0 Å². The van der Waals surface area contributed by atoms with E-state index in [0.29, 0.717) is 0 Å². The van der Waals surface area contributed by atoms with Gasteiger partial charge in [0.25, 0.3) is 0 Å². The number of nitrogens with zero attached hydrogens (tertiary/aromatic N) is 1. The number of rotatable bonds is 5. The van der Waals surface area contributed by atoms with E-state index in [9.17, 15) is 4.79 Å². The maximum Gasteiger partial charge on any atom is 0.323 e. The Bertz CT molecular complexity index is 255. The molecule has 0 aromatic rings. The predicted molar refractivity (Wildman–Crippen MR) is 67.7 cm³/mol. The van der Waals surface area contributed by atoms with Gasteiger partial charge in [0.05, 0.1) is 7.11 Å². The summed E-state index contributed by atoms with van der Waals surface area (Å²) in [5.41, 5.74) is 0. The van der Waals surface area contributed by atoms with Gasteiger partial charge >= 0.3 is 5.97 Å². The normalized spacial score (nSPS) is 30.2. The summed E-state index contributed by atoms with van der Waals surface area (Å²) in [5.74, 6) is 1.67. The Hall–Kier alpha value is -0.570. The van der Waals surface area contributed by atoms with Crippen molar-refractivity contribution in [2.75, 3.05) is 20.2 Å². The van der Waals surface area contributed by atoms with Crippen LogP contribution in [0.1, 0.15) is 45.4 Å². The van der Waals surface area contributed by atoms with E-state index in [2.05, 4.69) is 11.8 Å². The SMILES string of the molecule is CCCCC(C(=O)OC)N1CC2CCCC2C1. The summed E-state index contributed by atoms with van der Waals surface area (Å²) in [6.45, 7) is 4.41. The number of likely N-dealkylation sites (tertiary alicyclic amines) is 1. The molecule has 1 aliphatic heterocycles. The largest absolute Gasteiger partial charge is 0.468 e. The second-order valence-corrected chi connectivity index (χ2v) is 5.59. The fourth-order valence-electron chi connectivity index (χ4n) is 3.51. The zero-order chi connectivity index (χ0) is 12.3. The van der Waals surface area contributed by atoms with Gasteiger partial charge < -0.3 is 4.74 Å². The number of fused-ring (bicyclic) bond motifs is 1. The third-order valence-corrected chi connectivity index (χ3v) is 4.50. The number of unbranched alkanes of at least 4 members (excludes halogenated alkanes) is 1. The van der Waals surface area contributed by atoms with Crippen LogP contribution in [-0.2, 0) is 9.53 Å². The highest BCUT2D eigenvalue weighted by atomic mass is 16.5. The summed E-state index contributed by atoms with van der Waals surface area (Å²) in [6.07, 6.45) is 7.34. The molecule has 3 atom stereocenters. The molecule has 1 heterocycles. The van der Waals surface area contributed by atoms with E-state index in [1.54, 1.807) is 0 Å². The third-order valence-electron chi connectivity index (χ3n) is 4.50. The lowest BCUT2D eigenvalue weighted by molar-refractivity contribution is -0.147. The van der Waals surface area contributed by atoms with Crippen molar-refractivity contribution in [1.82, 2.24) is 4.90 Å². The van der Waals surface area contributed by atoms with E-state index < -0.39 is 0 Å². The Morgan fingerprint density at radius 2 is 2.00 bits per heavy atom. The van der Waals surface area contributed by atoms with E-state index >= 15 is 0 Å². The molecular formula is C14H25NO2. The number of carbonyl (C=O) groups is 1. The molecule has 3 unspecified atom stereocenters. The van der Waals surface area contributed by atoms with Crippen LogP contribution in [0, 0.1) is 11.8 Å².